The van der Waals surface area contributed by atoms with Gasteiger partial charge in [-0.1, -0.05) is 68.8 Å². The largest absolute Gasteiger partial charge is 0.401 e. The van der Waals surface area contributed by atoms with Crippen LogP contribution in [0.25, 0.3) is 0 Å². The summed E-state index contributed by atoms with van der Waals surface area (Å²) in [7, 11) is -1.78. The van der Waals surface area contributed by atoms with Crippen LogP contribution in [0.4, 0.5) is 0 Å². The molecule has 19 heavy (non-hydrogen) atoms. The van der Waals surface area contributed by atoms with E-state index in [9.17, 15) is 0 Å². The van der Waals surface area contributed by atoms with E-state index in [0.29, 0.717) is 0 Å². The lowest BCUT2D eigenvalue weighted by molar-refractivity contribution is 0.0956. The number of halogens is 1. The maximum Gasteiger partial charge on any atom is 0.194 e. The minimum Gasteiger partial charge on any atom is -0.401 e. The van der Waals surface area contributed by atoms with Crippen LogP contribution in [0.1, 0.15) is 60.3 Å². The summed E-state index contributed by atoms with van der Waals surface area (Å²) in [5.41, 5.74) is -0.243. The Morgan fingerprint density at radius 2 is 1.74 bits per heavy atom. The molecule has 0 saturated carbocycles. The first-order valence-electron chi connectivity index (χ1n) is 7.40. The van der Waals surface area contributed by atoms with Crippen molar-refractivity contribution in [1.82, 2.24) is 0 Å². The van der Waals surface area contributed by atoms with Gasteiger partial charge in [0.1, 0.15) is 5.60 Å². The average Bonchev–Trinajstić information content (AvgIpc) is 2.31. The van der Waals surface area contributed by atoms with Crippen LogP contribution in [-0.4, -0.2) is 19.2 Å². The molecule has 0 bridgehead atoms. The van der Waals surface area contributed by atoms with Crippen molar-refractivity contribution in [2.75, 3.05) is 5.33 Å². The average molecular weight is 347 g/mol. The van der Waals surface area contributed by atoms with Crippen molar-refractivity contribution in [3.05, 3.63) is 0 Å². The predicted molar refractivity (Wildman–Crippen MR) is 92.4 cm³/mol. The molecule has 0 aromatic heterocycles. The Balaban J connectivity index is 5.24. The van der Waals surface area contributed by atoms with Crippen molar-refractivity contribution in [1.29, 1.82) is 0 Å². The van der Waals surface area contributed by atoms with Gasteiger partial charge in [0.2, 0.25) is 0 Å². The van der Waals surface area contributed by atoms with Crippen molar-refractivity contribution < 1.29 is 4.43 Å². The fraction of sp³-hybridized carbons (Fsp3) is 0.875. The van der Waals surface area contributed by atoms with E-state index < -0.39 is 8.32 Å². The lowest BCUT2D eigenvalue weighted by Gasteiger charge is -2.43. The summed E-state index contributed by atoms with van der Waals surface area (Å²) in [6, 6.07) is 0. The first kappa shape index (κ1) is 19.2. The van der Waals surface area contributed by atoms with Crippen LogP contribution in [-0.2, 0) is 4.43 Å². The summed E-state index contributed by atoms with van der Waals surface area (Å²) in [6.07, 6.45) is 4.39. The van der Waals surface area contributed by atoms with Crippen LogP contribution in [0.3, 0.4) is 0 Å². The van der Waals surface area contributed by atoms with Crippen molar-refractivity contribution in [3.63, 3.8) is 0 Å². The summed E-state index contributed by atoms with van der Waals surface area (Å²) in [4.78, 5) is 0. The topological polar surface area (TPSA) is 9.23 Å². The van der Waals surface area contributed by atoms with Crippen LogP contribution in [0, 0.1) is 11.8 Å². The van der Waals surface area contributed by atoms with Gasteiger partial charge in [-0.2, -0.15) is 0 Å². The molecular weight excluding hydrogens is 316 g/mol. The Kier molecular flexibility index (Phi) is 7.95. The summed E-state index contributed by atoms with van der Waals surface area (Å²) in [5, 5.41) is 0.956. The Hall–Kier alpha value is 0.217. The van der Waals surface area contributed by atoms with Crippen LogP contribution in [0.2, 0.25) is 18.1 Å². The fourth-order valence-electron chi connectivity index (χ4n) is 1.77. The molecule has 0 saturated heterocycles. The van der Waals surface area contributed by atoms with Gasteiger partial charge in [-0.25, -0.2) is 0 Å². The van der Waals surface area contributed by atoms with E-state index in [2.05, 4.69) is 75.5 Å². The quantitative estimate of drug-likeness (QED) is 0.338. The van der Waals surface area contributed by atoms with Gasteiger partial charge in [-0.15, -0.1) is 0 Å². The molecule has 1 unspecified atom stereocenters. The molecule has 112 valence electrons. The summed E-state index contributed by atoms with van der Waals surface area (Å²) in [6.45, 7) is 15.9. The van der Waals surface area contributed by atoms with Gasteiger partial charge in [0, 0.05) is 0 Å². The molecule has 3 heteroatoms. The Morgan fingerprint density at radius 3 is 2.11 bits per heavy atom. The highest BCUT2D eigenvalue weighted by Gasteiger charge is 2.43. The molecule has 0 aromatic carbocycles. The minimum atomic E-state index is -1.78. The molecule has 1 nitrogen and oxygen atoms in total. The number of alkyl halides is 1. The zero-order valence-corrected chi connectivity index (χ0v) is 16.4. The van der Waals surface area contributed by atoms with E-state index in [1.165, 1.54) is 12.8 Å². The van der Waals surface area contributed by atoms with Crippen LogP contribution in [0.15, 0.2) is 0 Å². The second-order valence-corrected chi connectivity index (χ2v) is 12.0. The van der Waals surface area contributed by atoms with Gasteiger partial charge in [0.25, 0.3) is 0 Å². The van der Waals surface area contributed by atoms with Gasteiger partial charge in [0.15, 0.2) is 8.32 Å². The van der Waals surface area contributed by atoms with E-state index in [-0.39, 0.29) is 10.6 Å². The van der Waals surface area contributed by atoms with Crippen molar-refractivity contribution in [3.8, 4) is 11.8 Å². The lowest BCUT2D eigenvalue weighted by Crippen LogP contribution is -2.49. The van der Waals surface area contributed by atoms with Crippen LogP contribution in [0.5, 0.6) is 0 Å². The molecule has 0 fully saturated rings. The standard InChI is InChI=1S/C16H31BrOSi/c1-8-10-12-16(9-2,13-11-14-17)18-19(6,7)15(3,4)5/h8-10,12,14H2,1-7H3. The maximum absolute atomic E-state index is 6.69. The summed E-state index contributed by atoms with van der Waals surface area (Å²) < 4.78 is 6.69. The highest BCUT2D eigenvalue weighted by molar-refractivity contribution is 9.09. The molecule has 0 spiro atoms. The summed E-state index contributed by atoms with van der Waals surface area (Å²) in [5.74, 6) is 6.60. The Morgan fingerprint density at radius 1 is 1.16 bits per heavy atom. The molecule has 0 radical (unpaired) electrons. The third-order valence-electron chi connectivity index (χ3n) is 4.15. The van der Waals surface area contributed by atoms with Crippen molar-refractivity contribution in [2.24, 2.45) is 0 Å². The van der Waals surface area contributed by atoms with Gasteiger partial charge in [-0.05, 0) is 37.4 Å². The van der Waals surface area contributed by atoms with E-state index in [0.717, 1.165) is 18.2 Å². The number of unbranched alkanes of at least 4 members (excludes halogenated alkanes) is 1. The highest BCUT2D eigenvalue weighted by atomic mass is 79.9. The van der Waals surface area contributed by atoms with Gasteiger partial charge in [-0.3, -0.25) is 0 Å². The number of hydrogen-bond acceptors (Lipinski definition) is 1. The number of hydrogen-bond donors (Lipinski definition) is 0. The van der Waals surface area contributed by atoms with E-state index >= 15 is 0 Å². The van der Waals surface area contributed by atoms with Crippen molar-refractivity contribution >= 4 is 24.2 Å². The molecule has 0 heterocycles. The molecule has 0 aliphatic rings. The van der Waals surface area contributed by atoms with E-state index in [1.807, 2.05) is 0 Å². The molecule has 0 amide bonds. The van der Waals surface area contributed by atoms with E-state index in [4.69, 9.17) is 4.43 Å². The first-order valence-corrected chi connectivity index (χ1v) is 11.4. The molecular formula is C16H31BrOSi. The zero-order valence-electron chi connectivity index (χ0n) is 13.8. The maximum atomic E-state index is 6.69. The summed E-state index contributed by atoms with van der Waals surface area (Å²) >= 11 is 3.40. The second kappa shape index (κ2) is 7.86. The fourth-order valence-corrected chi connectivity index (χ4v) is 3.50. The number of rotatable bonds is 6. The third kappa shape index (κ3) is 6.02. The van der Waals surface area contributed by atoms with Gasteiger partial charge in [0.05, 0.1) is 5.33 Å². The van der Waals surface area contributed by atoms with E-state index in [1.54, 1.807) is 0 Å². The molecule has 0 aliphatic heterocycles. The molecule has 0 aromatic rings. The molecule has 0 N–H and O–H groups in total. The Labute approximate surface area is 130 Å². The highest BCUT2D eigenvalue weighted by Crippen LogP contribution is 2.41. The monoisotopic (exact) mass is 346 g/mol. The Bertz CT molecular complexity index is 322. The van der Waals surface area contributed by atoms with Gasteiger partial charge >= 0.3 is 0 Å². The lowest BCUT2D eigenvalue weighted by atomic mass is 9.95. The molecule has 1 atom stereocenters. The first-order chi connectivity index (χ1) is 8.64. The SMILES string of the molecule is CCCCC(C#CCBr)(CC)O[Si](C)(C)C(C)(C)C. The zero-order chi connectivity index (χ0) is 15.2. The second-order valence-electron chi connectivity index (χ2n) is 6.75. The van der Waals surface area contributed by atoms with Crippen molar-refractivity contribution in [2.45, 2.75) is 84.0 Å². The molecule has 0 aliphatic carbocycles. The normalized spacial score (nSPS) is 15.6. The predicted octanol–water partition coefficient (Wildman–Crippen LogP) is 5.75. The minimum absolute atomic E-state index is 0.232. The van der Waals surface area contributed by atoms with Crippen LogP contribution >= 0.6 is 15.9 Å². The van der Waals surface area contributed by atoms with Gasteiger partial charge < -0.3 is 4.43 Å². The van der Waals surface area contributed by atoms with Crippen LogP contribution < -0.4 is 0 Å². The molecule has 0 rings (SSSR count). The third-order valence-corrected chi connectivity index (χ3v) is 8.94. The smallest absolute Gasteiger partial charge is 0.194 e.